The second-order valence-corrected chi connectivity index (χ2v) is 8.90. The van der Waals surface area contributed by atoms with Crippen molar-refractivity contribution in [3.05, 3.63) is 28.3 Å². The van der Waals surface area contributed by atoms with E-state index in [-0.39, 0.29) is 27.9 Å². The minimum Gasteiger partial charge on any atom is -0.374 e. The molecule has 8 nitrogen and oxygen atoms in total. The summed E-state index contributed by atoms with van der Waals surface area (Å²) in [5.41, 5.74) is -0.861. The third kappa shape index (κ3) is 3.68. The fourth-order valence-electron chi connectivity index (χ4n) is 3.04. The number of sulfonamides is 1. The first-order chi connectivity index (χ1) is 10.9. The van der Waals surface area contributed by atoms with Crippen molar-refractivity contribution in [2.45, 2.75) is 56.3 Å². The van der Waals surface area contributed by atoms with Crippen LogP contribution in [-0.4, -0.2) is 37.6 Å². The van der Waals surface area contributed by atoms with Crippen LogP contribution in [0.3, 0.4) is 0 Å². The second-order valence-electron chi connectivity index (χ2n) is 7.01. The minimum absolute atomic E-state index is 0.141. The SMILES string of the molecule is CNS(=O)(=O)c1ccc(NC2CC(C)(C)OC2(C)C)c([N+](=O)[O-])c1. The lowest BCUT2D eigenvalue weighted by Gasteiger charge is -2.28. The van der Waals surface area contributed by atoms with Crippen LogP contribution in [0.4, 0.5) is 11.4 Å². The van der Waals surface area contributed by atoms with Gasteiger partial charge in [0.05, 0.1) is 27.1 Å². The van der Waals surface area contributed by atoms with Gasteiger partial charge in [-0.25, -0.2) is 13.1 Å². The highest BCUT2D eigenvalue weighted by Gasteiger charge is 2.46. The monoisotopic (exact) mass is 357 g/mol. The Morgan fingerprint density at radius 1 is 1.29 bits per heavy atom. The molecule has 0 aromatic heterocycles. The zero-order chi connectivity index (χ0) is 18.3. The molecule has 0 aliphatic carbocycles. The van der Waals surface area contributed by atoms with Crippen LogP contribution in [0.15, 0.2) is 23.1 Å². The molecule has 2 rings (SSSR count). The standard InChI is InChI=1S/C15H23N3O5S/c1-14(2)9-13(15(3,4)23-14)17-11-7-6-10(24(21,22)16-5)8-12(11)18(19)20/h6-8,13,16-17H,9H2,1-5H3. The highest BCUT2D eigenvalue weighted by atomic mass is 32.2. The zero-order valence-corrected chi connectivity index (χ0v) is 15.2. The number of rotatable bonds is 5. The molecule has 1 aromatic rings. The van der Waals surface area contributed by atoms with Gasteiger partial charge in [-0.1, -0.05) is 0 Å². The molecule has 0 amide bonds. The molecule has 0 spiro atoms. The molecule has 1 fully saturated rings. The predicted octanol–water partition coefficient (Wildman–Crippen LogP) is 2.26. The van der Waals surface area contributed by atoms with E-state index in [1.165, 1.54) is 19.2 Å². The molecular formula is C15H23N3O5S. The van der Waals surface area contributed by atoms with Crippen LogP contribution in [0.25, 0.3) is 0 Å². The fourth-order valence-corrected chi connectivity index (χ4v) is 3.79. The van der Waals surface area contributed by atoms with E-state index >= 15 is 0 Å². The lowest BCUT2D eigenvalue weighted by Crippen LogP contribution is -2.38. The molecule has 0 bridgehead atoms. The number of nitrogens with one attached hydrogen (secondary N) is 2. The molecule has 1 aromatic carbocycles. The lowest BCUT2D eigenvalue weighted by atomic mass is 9.94. The molecule has 1 atom stereocenters. The van der Waals surface area contributed by atoms with Gasteiger partial charge in [0.15, 0.2) is 0 Å². The van der Waals surface area contributed by atoms with Gasteiger partial charge >= 0.3 is 0 Å². The Morgan fingerprint density at radius 2 is 1.92 bits per heavy atom. The zero-order valence-electron chi connectivity index (χ0n) is 14.4. The summed E-state index contributed by atoms with van der Waals surface area (Å²) in [5.74, 6) is 0. The van der Waals surface area contributed by atoms with Crippen LogP contribution in [0, 0.1) is 10.1 Å². The molecule has 134 valence electrons. The molecule has 24 heavy (non-hydrogen) atoms. The predicted molar refractivity (Wildman–Crippen MR) is 90.6 cm³/mol. The number of ether oxygens (including phenoxy) is 1. The number of nitro groups is 1. The van der Waals surface area contributed by atoms with Gasteiger partial charge < -0.3 is 10.1 Å². The van der Waals surface area contributed by atoms with E-state index in [2.05, 4.69) is 10.0 Å². The highest BCUT2D eigenvalue weighted by Crippen LogP contribution is 2.40. The Morgan fingerprint density at radius 3 is 2.38 bits per heavy atom. The second kappa shape index (κ2) is 5.98. The third-order valence-electron chi connectivity index (χ3n) is 4.15. The van der Waals surface area contributed by atoms with Crippen LogP contribution in [0.5, 0.6) is 0 Å². The Bertz CT molecular complexity index is 758. The van der Waals surface area contributed by atoms with Crippen molar-refractivity contribution >= 4 is 21.4 Å². The summed E-state index contributed by atoms with van der Waals surface area (Å²) in [6, 6.07) is 3.68. The number of benzene rings is 1. The van der Waals surface area contributed by atoms with E-state index in [1.54, 1.807) is 0 Å². The van der Waals surface area contributed by atoms with Crippen molar-refractivity contribution in [1.82, 2.24) is 4.72 Å². The molecule has 0 saturated carbocycles. The Hall–Kier alpha value is -1.71. The first-order valence-corrected chi connectivity index (χ1v) is 9.05. The van der Waals surface area contributed by atoms with Crippen LogP contribution in [0.1, 0.15) is 34.1 Å². The number of nitro benzene ring substituents is 1. The van der Waals surface area contributed by atoms with Gasteiger partial charge in [0.1, 0.15) is 5.69 Å². The van der Waals surface area contributed by atoms with Crippen LogP contribution >= 0.6 is 0 Å². The summed E-state index contributed by atoms with van der Waals surface area (Å²) in [5, 5.41) is 14.5. The molecule has 9 heteroatoms. The van der Waals surface area contributed by atoms with Gasteiger partial charge in [0.2, 0.25) is 10.0 Å². The van der Waals surface area contributed by atoms with Gasteiger partial charge in [0, 0.05) is 6.07 Å². The number of hydrogen-bond acceptors (Lipinski definition) is 6. The largest absolute Gasteiger partial charge is 0.374 e. The van der Waals surface area contributed by atoms with E-state index in [4.69, 9.17) is 4.74 Å². The van der Waals surface area contributed by atoms with Crippen molar-refractivity contribution in [3.8, 4) is 0 Å². The van der Waals surface area contributed by atoms with Crippen molar-refractivity contribution in [2.24, 2.45) is 0 Å². The molecule has 1 aliphatic heterocycles. The summed E-state index contributed by atoms with van der Waals surface area (Å²) in [7, 11) is -2.49. The maximum absolute atomic E-state index is 11.8. The topological polar surface area (TPSA) is 111 Å². The molecule has 1 aliphatic rings. The van der Waals surface area contributed by atoms with Crippen LogP contribution in [-0.2, 0) is 14.8 Å². The van der Waals surface area contributed by atoms with Crippen LogP contribution < -0.4 is 10.0 Å². The Balaban J connectivity index is 2.40. The molecule has 1 unspecified atom stereocenters. The Labute approximate surface area is 141 Å². The normalized spacial score (nSPS) is 22.3. The minimum atomic E-state index is -3.75. The summed E-state index contributed by atoms with van der Waals surface area (Å²) >= 11 is 0. The van der Waals surface area contributed by atoms with Gasteiger partial charge in [-0.05, 0) is 53.3 Å². The average molecular weight is 357 g/mol. The third-order valence-corrected chi connectivity index (χ3v) is 5.56. The van der Waals surface area contributed by atoms with Gasteiger partial charge in [0.25, 0.3) is 5.69 Å². The first-order valence-electron chi connectivity index (χ1n) is 7.57. The fraction of sp³-hybridized carbons (Fsp3) is 0.600. The van der Waals surface area contributed by atoms with Gasteiger partial charge in [-0.2, -0.15) is 0 Å². The van der Waals surface area contributed by atoms with Crippen molar-refractivity contribution in [1.29, 1.82) is 0 Å². The number of nitrogens with zero attached hydrogens (tertiary/aromatic N) is 1. The lowest BCUT2D eigenvalue weighted by molar-refractivity contribution is -0.384. The quantitative estimate of drug-likeness (QED) is 0.618. The number of anilines is 1. The van der Waals surface area contributed by atoms with Gasteiger partial charge in [-0.15, -0.1) is 0 Å². The van der Waals surface area contributed by atoms with Crippen molar-refractivity contribution in [3.63, 3.8) is 0 Å². The van der Waals surface area contributed by atoms with E-state index in [0.717, 1.165) is 6.07 Å². The van der Waals surface area contributed by atoms with E-state index in [9.17, 15) is 18.5 Å². The maximum Gasteiger partial charge on any atom is 0.293 e. The van der Waals surface area contributed by atoms with E-state index in [1.807, 2.05) is 27.7 Å². The number of hydrogen-bond donors (Lipinski definition) is 2. The average Bonchev–Trinajstić information content (AvgIpc) is 2.66. The first kappa shape index (κ1) is 18.6. The Kier molecular flexibility index (Phi) is 4.64. The molecule has 2 N–H and O–H groups in total. The molecular weight excluding hydrogens is 334 g/mol. The summed E-state index contributed by atoms with van der Waals surface area (Å²) in [6.45, 7) is 7.77. The summed E-state index contributed by atoms with van der Waals surface area (Å²) < 4.78 is 31.8. The maximum atomic E-state index is 11.8. The summed E-state index contributed by atoms with van der Waals surface area (Å²) in [6.07, 6.45) is 0.674. The molecule has 0 radical (unpaired) electrons. The van der Waals surface area contributed by atoms with Crippen molar-refractivity contribution < 1.29 is 18.1 Å². The van der Waals surface area contributed by atoms with Crippen LogP contribution in [0.2, 0.25) is 0 Å². The highest BCUT2D eigenvalue weighted by molar-refractivity contribution is 7.89. The summed E-state index contributed by atoms with van der Waals surface area (Å²) in [4.78, 5) is 10.6. The van der Waals surface area contributed by atoms with Gasteiger partial charge in [-0.3, -0.25) is 10.1 Å². The smallest absolute Gasteiger partial charge is 0.293 e. The van der Waals surface area contributed by atoms with Crippen molar-refractivity contribution in [2.75, 3.05) is 12.4 Å². The van der Waals surface area contributed by atoms with E-state index < -0.39 is 20.5 Å². The molecule has 1 saturated heterocycles. The molecule has 1 heterocycles. The van der Waals surface area contributed by atoms with E-state index in [0.29, 0.717) is 6.42 Å².